The Morgan fingerprint density at radius 3 is 2.47 bits per heavy atom. The van der Waals surface area contributed by atoms with E-state index < -0.39 is 0 Å². The van der Waals surface area contributed by atoms with Crippen molar-refractivity contribution in [3.05, 3.63) is 15.9 Å². The fraction of sp³-hybridized carbons (Fsp3) is 0.727. The molecule has 1 rings (SSSR count). The number of aromatic nitrogens is 2. The van der Waals surface area contributed by atoms with E-state index in [0.29, 0.717) is 5.92 Å². The van der Waals surface area contributed by atoms with Gasteiger partial charge in [0.25, 0.3) is 0 Å². The van der Waals surface area contributed by atoms with Gasteiger partial charge in [-0.3, -0.25) is 4.68 Å². The van der Waals surface area contributed by atoms with Gasteiger partial charge in [-0.15, -0.1) is 0 Å². The van der Waals surface area contributed by atoms with Gasteiger partial charge in [0.2, 0.25) is 0 Å². The molecule has 0 saturated heterocycles. The van der Waals surface area contributed by atoms with Crippen molar-refractivity contribution < 1.29 is 0 Å². The van der Waals surface area contributed by atoms with Crippen LogP contribution in [0.1, 0.15) is 31.7 Å². The molecule has 0 amide bonds. The molecule has 2 atom stereocenters. The van der Waals surface area contributed by atoms with Gasteiger partial charge in [0.15, 0.2) is 0 Å². The quantitative estimate of drug-likeness (QED) is 0.916. The van der Waals surface area contributed by atoms with E-state index in [0.717, 1.165) is 23.0 Å². The molecule has 0 aromatic carbocycles. The van der Waals surface area contributed by atoms with Crippen molar-refractivity contribution in [2.24, 2.45) is 18.7 Å². The first-order valence-electron chi connectivity index (χ1n) is 5.35. The van der Waals surface area contributed by atoms with Crippen LogP contribution in [0.4, 0.5) is 0 Å². The second-order valence-corrected chi connectivity index (χ2v) is 5.28. The van der Waals surface area contributed by atoms with Crippen LogP contribution >= 0.6 is 15.9 Å². The van der Waals surface area contributed by atoms with Crippen LogP contribution in [0.3, 0.4) is 0 Å². The lowest BCUT2D eigenvalue weighted by Crippen LogP contribution is -2.20. The largest absolute Gasteiger partial charge is 0.328 e. The third kappa shape index (κ3) is 3.31. The van der Waals surface area contributed by atoms with Gasteiger partial charge in [0.1, 0.15) is 0 Å². The van der Waals surface area contributed by atoms with E-state index in [1.165, 1.54) is 5.69 Å². The number of rotatable bonds is 4. The standard InChI is InChI=1S/C11H20BrN3/c1-7(5-8(2)13)6-10-11(12)9(3)14-15(10)4/h7-8H,5-6,13H2,1-4H3. The van der Waals surface area contributed by atoms with Crippen LogP contribution in [-0.2, 0) is 13.5 Å². The molecule has 0 fully saturated rings. The lowest BCUT2D eigenvalue weighted by molar-refractivity contribution is 0.466. The third-order valence-electron chi connectivity index (χ3n) is 2.58. The van der Waals surface area contributed by atoms with Crippen molar-refractivity contribution >= 4 is 15.9 Å². The molecule has 86 valence electrons. The molecule has 15 heavy (non-hydrogen) atoms. The number of nitrogens with zero attached hydrogens (tertiary/aromatic N) is 2. The first-order valence-corrected chi connectivity index (χ1v) is 6.14. The Morgan fingerprint density at radius 1 is 1.47 bits per heavy atom. The summed E-state index contributed by atoms with van der Waals surface area (Å²) in [5.41, 5.74) is 8.11. The van der Waals surface area contributed by atoms with Gasteiger partial charge in [0, 0.05) is 13.1 Å². The molecule has 3 nitrogen and oxygen atoms in total. The minimum atomic E-state index is 0.271. The highest BCUT2D eigenvalue weighted by atomic mass is 79.9. The molecule has 2 N–H and O–H groups in total. The molecular formula is C11H20BrN3. The topological polar surface area (TPSA) is 43.8 Å². The average molecular weight is 274 g/mol. The summed E-state index contributed by atoms with van der Waals surface area (Å²) >= 11 is 3.58. The normalized spacial score (nSPS) is 15.3. The van der Waals surface area contributed by atoms with Gasteiger partial charge in [-0.05, 0) is 48.5 Å². The fourth-order valence-electron chi connectivity index (χ4n) is 1.95. The van der Waals surface area contributed by atoms with Gasteiger partial charge in [0.05, 0.1) is 15.9 Å². The summed E-state index contributed by atoms with van der Waals surface area (Å²) in [6, 6.07) is 0.271. The number of nitrogens with two attached hydrogens (primary N) is 1. The summed E-state index contributed by atoms with van der Waals surface area (Å²) in [4.78, 5) is 0. The summed E-state index contributed by atoms with van der Waals surface area (Å²) in [6.07, 6.45) is 2.08. The summed E-state index contributed by atoms with van der Waals surface area (Å²) in [6.45, 7) is 6.31. The fourth-order valence-corrected chi connectivity index (χ4v) is 2.45. The molecule has 0 aliphatic rings. The predicted octanol–water partition coefficient (Wildman–Crippen LogP) is 2.41. The molecule has 0 saturated carbocycles. The van der Waals surface area contributed by atoms with E-state index in [-0.39, 0.29) is 6.04 Å². The minimum absolute atomic E-state index is 0.271. The molecular weight excluding hydrogens is 254 g/mol. The van der Waals surface area contributed by atoms with Crippen LogP contribution in [0, 0.1) is 12.8 Å². The molecule has 4 heteroatoms. The number of hydrogen-bond acceptors (Lipinski definition) is 2. The highest BCUT2D eigenvalue weighted by molar-refractivity contribution is 9.10. The summed E-state index contributed by atoms with van der Waals surface area (Å²) < 4.78 is 3.10. The third-order valence-corrected chi connectivity index (χ3v) is 3.61. The maximum Gasteiger partial charge on any atom is 0.0738 e. The van der Waals surface area contributed by atoms with Crippen molar-refractivity contribution in [2.75, 3.05) is 0 Å². The van der Waals surface area contributed by atoms with E-state index in [1.807, 2.05) is 18.7 Å². The van der Waals surface area contributed by atoms with Crippen molar-refractivity contribution in [2.45, 2.75) is 39.7 Å². The number of aryl methyl sites for hydroxylation is 2. The first kappa shape index (κ1) is 12.7. The lowest BCUT2D eigenvalue weighted by Gasteiger charge is -2.14. The molecule has 0 aliphatic heterocycles. The predicted molar refractivity (Wildman–Crippen MR) is 66.8 cm³/mol. The SMILES string of the molecule is Cc1nn(C)c(CC(C)CC(C)N)c1Br. The van der Waals surface area contributed by atoms with Crippen LogP contribution in [0.15, 0.2) is 4.47 Å². The summed E-state index contributed by atoms with van der Waals surface area (Å²) in [7, 11) is 1.99. The Kier molecular flexibility index (Phi) is 4.34. The van der Waals surface area contributed by atoms with E-state index in [9.17, 15) is 0 Å². The van der Waals surface area contributed by atoms with Crippen LogP contribution in [0.2, 0.25) is 0 Å². The van der Waals surface area contributed by atoms with Crippen molar-refractivity contribution in [3.63, 3.8) is 0 Å². The summed E-state index contributed by atoms with van der Waals surface area (Å²) in [5, 5.41) is 4.38. The molecule has 1 heterocycles. The van der Waals surface area contributed by atoms with E-state index in [2.05, 4.69) is 34.9 Å². The van der Waals surface area contributed by atoms with Crippen LogP contribution in [0.5, 0.6) is 0 Å². The van der Waals surface area contributed by atoms with E-state index in [4.69, 9.17) is 5.73 Å². The Hall–Kier alpha value is -0.350. The van der Waals surface area contributed by atoms with Crippen LogP contribution < -0.4 is 5.73 Å². The highest BCUT2D eigenvalue weighted by Crippen LogP contribution is 2.24. The maximum atomic E-state index is 5.79. The molecule has 0 spiro atoms. The van der Waals surface area contributed by atoms with Crippen LogP contribution in [-0.4, -0.2) is 15.8 Å². The van der Waals surface area contributed by atoms with E-state index in [1.54, 1.807) is 0 Å². The van der Waals surface area contributed by atoms with Gasteiger partial charge >= 0.3 is 0 Å². The summed E-state index contributed by atoms with van der Waals surface area (Å²) in [5.74, 6) is 0.594. The lowest BCUT2D eigenvalue weighted by atomic mass is 9.98. The Balaban J connectivity index is 2.71. The number of hydrogen-bond donors (Lipinski definition) is 1. The van der Waals surface area contributed by atoms with Crippen molar-refractivity contribution in [1.29, 1.82) is 0 Å². The monoisotopic (exact) mass is 273 g/mol. The Labute approximate surface area is 100 Å². The Morgan fingerprint density at radius 2 is 2.07 bits per heavy atom. The zero-order valence-electron chi connectivity index (χ0n) is 9.92. The van der Waals surface area contributed by atoms with Crippen molar-refractivity contribution in [1.82, 2.24) is 9.78 Å². The zero-order chi connectivity index (χ0) is 11.6. The van der Waals surface area contributed by atoms with Gasteiger partial charge in [-0.25, -0.2) is 0 Å². The molecule has 0 radical (unpaired) electrons. The Bertz CT molecular complexity index is 331. The van der Waals surface area contributed by atoms with Crippen molar-refractivity contribution in [3.8, 4) is 0 Å². The molecule has 0 bridgehead atoms. The maximum absolute atomic E-state index is 5.79. The van der Waals surface area contributed by atoms with Crippen LogP contribution in [0.25, 0.3) is 0 Å². The average Bonchev–Trinajstić information content (AvgIpc) is 2.31. The van der Waals surface area contributed by atoms with E-state index >= 15 is 0 Å². The van der Waals surface area contributed by atoms with Gasteiger partial charge in [-0.1, -0.05) is 6.92 Å². The van der Waals surface area contributed by atoms with Gasteiger partial charge < -0.3 is 5.73 Å². The molecule has 2 unspecified atom stereocenters. The highest BCUT2D eigenvalue weighted by Gasteiger charge is 2.14. The minimum Gasteiger partial charge on any atom is -0.328 e. The zero-order valence-corrected chi connectivity index (χ0v) is 11.5. The molecule has 1 aromatic heterocycles. The number of halogens is 1. The second kappa shape index (κ2) is 5.12. The second-order valence-electron chi connectivity index (χ2n) is 4.49. The van der Waals surface area contributed by atoms with Gasteiger partial charge in [-0.2, -0.15) is 5.10 Å². The molecule has 1 aromatic rings. The first-order chi connectivity index (χ1) is 6.91. The molecule has 0 aliphatic carbocycles. The smallest absolute Gasteiger partial charge is 0.0738 e.